The van der Waals surface area contributed by atoms with Gasteiger partial charge in [0.25, 0.3) is 5.56 Å². The van der Waals surface area contributed by atoms with Crippen molar-refractivity contribution in [2.45, 2.75) is 33.2 Å². The molecule has 0 aliphatic rings. The second-order valence-corrected chi connectivity index (χ2v) is 6.12. The number of carbonyl (C=O) groups is 1. The molecule has 3 aromatic rings. The minimum absolute atomic E-state index is 0.116. The van der Waals surface area contributed by atoms with Crippen LogP contribution in [0, 0.1) is 13.8 Å². The maximum absolute atomic E-state index is 12.9. The lowest BCUT2D eigenvalue weighted by Crippen LogP contribution is -2.26. The summed E-state index contributed by atoms with van der Waals surface area (Å²) in [7, 11) is 0. The van der Waals surface area contributed by atoms with Gasteiger partial charge in [-0.3, -0.25) is 9.59 Å². The van der Waals surface area contributed by atoms with Crippen LogP contribution in [0.5, 0.6) is 0 Å². The topological polar surface area (TPSA) is 89.5 Å². The van der Waals surface area contributed by atoms with Gasteiger partial charge in [-0.25, -0.2) is 0 Å². The van der Waals surface area contributed by atoms with Gasteiger partial charge < -0.3 is 9.67 Å². The third-order valence-corrected chi connectivity index (χ3v) is 4.41. The number of carboxylic acid groups (broad SMARTS) is 1. The van der Waals surface area contributed by atoms with E-state index in [0.717, 1.165) is 11.1 Å². The van der Waals surface area contributed by atoms with Gasteiger partial charge in [0.15, 0.2) is 5.82 Å². The molecule has 0 unspecified atom stereocenters. The standard InChI is InChI=1S/C19H20N4O3/c1-4-11-22-13(3)15(9-10-16(24)25)18(26)23-19(22)20-17(21-23)14-8-6-5-7-12(14)2/h4-8H,1,9-11H2,2-3H3,(H,24,25). The summed E-state index contributed by atoms with van der Waals surface area (Å²) in [5.41, 5.74) is 2.65. The zero-order valence-corrected chi connectivity index (χ0v) is 14.8. The van der Waals surface area contributed by atoms with Crippen LogP contribution in [-0.4, -0.2) is 30.2 Å². The number of fused-ring (bicyclic) bond motifs is 1. The highest BCUT2D eigenvalue weighted by molar-refractivity contribution is 5.67. The molecule has 0 fully saturated rings. The molecule has 0 atom stereocenters. The summed E-state index contributed by atoms with van der Waals surface area (Å²) in [4.78, 5) is 28.4. The Morgan fingerprint density at radius 3 is 2.69 bits per heavy atom. The van der Waals surface area contributed by atoms with Gasteiger partial charge in [-0.2, -0.15) is 9.50 Å². The fourth-order valence-corrected chi connectivity index (χ4v) is 3.02. The summed E-state index contributed by atoms with van der Waals surface area (Å²) in [6, 6.07) is 7.69. The van der Waals surface area contributed by atoms with E-state index in [2.05, 4.69) is 16.7 Å². The maximum atomic E-state index is 12.9. The molecular formula is C19H20N4O3. The first kappa shape index (κ1) is 17.6. The lowest BCUT2D eigenvalue weighted by atomic mass is 10.1. The van der Waals surface area contributed by atoms with Gasteiger partial charge in [-0.05, 0) is 25.8 Å². The first-order chi connectivity index (χ1) is 12.4. The number of carboxylic acids is 1. The van der Waals surface area contributed by atoms with Crippen LogP contribution in [0.1, 0.15) is 23.2 Å². The van der Waals surface area contributed by atoms with Crippen molar-refractivity contribution >= 4 is 11.7 Å². The second kappa shape index (κ2) is 6.95. The highest BCUT2D eigenvalue weighted by atomic mass is 16.4. The van der Waals surface area contributed by atoms with E-state index in [-0.39, 0.29) is 18.4 Å². The first-order valence-electron chi connectivity index (χ1n) is 8.31. The average molecular weight is 352 g/mol. The zero-order valence-electron chi connectivity index (χ0n) is 14.8. The summed E-state index contributed by atoms with van der Waals surface area (Å²) in [5, 5.41) is 13.4. The number of rotatable bonds is 6. The molecule has 7 heteroatoms. The number of hydrogen-bond acceptors (Lipinski definition) is 4. The minimum atomic E-state index is -0.946. The number of aliphatic carboxylic acids is 1. The van der Waals surface area contributed by atoms with Crippen molar-refractivity contribution in [2.75, 3.05) is 0 Å². The number of nitrogens with zero attached hydrogens (tertiary/aromatic N) is 4. The normalized spacial score (nSPS) is 11.0. The molecule has 7 nitrogen and oxygen atoms in total. The van der Waals surface area contributed by atoms with Crippen LogP contribution >= 0.6 is 0 Å². The molecule has 0 aliphatic heterocycles. The Balaban J connectivity index is 2.27. The minimum Gasteiger partial charge on any atom is -0.481 e. The fourth-order valence-electron chi connectivity index (χ4n) is 3.02. The summed E-state index contributed by atoms with van der Waals surface area (Å²) < 4.78 is 3.09. The lowest BCUT2D eigenvalue weighted by molar-refractivity contribution is -0.136. The Hall–Kier alpha value is -3.22. The second-order valence-electron chi connectivity index (χ2n) is 6.12. The lowest BCUT2D eigenvalue weighted by Gasteiger charge is -2.13. The predicted octanol–water partition coefficient (Wildman–Crippen LogP) is 2.38. The molecule has 0 radical (unpaired) electrons. The van der Waals surface area contributed by atoms with E-state index in [9.17, 15) is 9.59 Å². The Morgan fingerprint density at radius 1 is 1.31 bits per heavy atom. The van der Waals surface area contributed by atoms with Gasteiger partial charge >= 0.3 is 5.97 Å². The van der Waals surface area contributed by atoms with E-state index >= 15 is 0 Å². The molecule has 26 heavy (non-hydrogen) atoms. The number of aromatic nitrogens is 4. The monoisotopic (exact) mass is 352 g/mol. The van der Waals surface area contributed by atoms with Crippen LogP contribution in [0.15, 0.2) is 41.7 Å². The fraction of sp³-hybridized carbons (Fsp3) is 0.263. The van der Waals surface area contributed by atoms with Crippen molar-refractivity contribution in [3.63, 3.8) is 0 Å². The van der Waals surface area contributed by atoms with Gasteiger partial charge in [-0.1, -0.05) is 30.3 Å². The predicted molar refractivity (Wildman–Crippen MR) is 98.3 cm³/mol. The van der Waals surface area contributed by atoms with Crippen molar-refractivity contribution in [1.82, 2.24) is 19.2 Å². The highest BCUT2D eigenvalue weighted by Crippen LogP contribution is 2.21. The molecule has 3 rings (SSSR count). The van der Waals surface area contributed by atoms with Gasteiger partial charge in [0.2, 0.25) is 5.78 Å². The third kappa shape index (κ3) is 3.03. The number of aryl methyl sites for hydroxylation is 1. The molecule has 0 saturated carbocycles. The van der Waals surface area contributed by atoms with Crippen molar-refractivity contribution < 1.29 is 9.90 Å². The molecule has 0 saturated heterocycles. The first-order valence-corrected chi connectivity index (χ1v) is 8.31. The molecule has 2 heterocycles. The molecule has 0 aliphatic carbocycles. The Labute approximate surface area is 150 Å². The molecule has 0 spiro atoms. The van der Waals surface area contributed by atoms with E-state index in [1.807, 2.05) is 35.8 Å². The summed E-state index contributed by atoms with van der Waals surface area (Å²) in [6.07, 6.45) is 1.74. The van der Waals surface area contributed by atoms with E-state index in [1.165, 1.54) is 4.52 Å². The van der Waals surface area contributed by atoms with E-state index in [0.29, 0.717) is 29.4 Å². The Kier molecular flexibility index (Phi) is 4.71. The number of hydrogen-bond donors (Lipinski definition) is 1. The van der Waals surface area contributed by atoms with Gasteiger partial charge in [0, 0.05) is 29.8 Å². The van der Waals surface area contributed by atoms with Crippen molar-refractivity contribution in [2.24, 2.45) is 0 Å². The highest BCUT2D eigenvalue weighted by Gasteiger charge is 2.19. The van der Waals surface area contributed by atoms with Crippen LogP contribution in [0.4, 0.5) is 0 Å². The molecule has 1 N–H and O–H groups in total. The molecular weight excluding hydrogens is 332 g/mol. The van der Waals surface area contributed by atoms with Crippen molar-refractivity contribution in [3.05, 3.63) is 64.1 Å². The molecule has 2 aromatic heterocycles. The summed E-state index contributed by atoms with van der Waals surface area (Å²) >= 11 is 0. The summed E-state index contributed by atoms with van der Waals surface area (Å²) in [5.74, 6) is -0.0594. The van der Waals surface area contributed by atoms with Crippen LogP contribution in [0.2, 0.25) is 0 Å². The van der Waals surface area contributed by atoms with E-state index < -0.39 is 5.97 Å². The van der Waals surface area contributed by atoms with Crippen LogP contribution < -0.4 is 5.56 Å². The molecule has 0 amide bonds. The van der Waals surface area contributed by atoms with E-state index in [4.69, 9.17) is 5.11 Å². The SMILES string of the molecule is C=CCn1c(C)c(CCC(=O)O)c(=O)n2nc(-c3ccccc3C)nc12. The smallest absolute Gasteiger partial charge is 0.303 e. The van der Waals surface area contributed by atoms with Crippen LogP contribution in [0.25, 0.3) is 17.2 Å². The number of allylic oxidation sites excluding steroid dienone is 1. The largest absolute Gasteiger partial charge is 0.481 e. The quantitative estimate of drug-likeness (QED) is 0.688. The van der Waals surface area contributed by atoms with Gasteiger partial charge in [0.1, 0.15) is 0 Å². The molecule has 0 bridgehead atoms. The Morgan fingerprint density at radius 2 is 2.04 bits per heavy atom. The average Bonchev–Trinajstić information content (AvgIpc) is 3.04. The van der Waals surface area contributed by atoms with Crippen molar-refractivity contribution in [1.29, 1.82) is 0 Å². The van der Waals surface area contributed by atoms with E-state index in [1.54, 1.807) is 13.0 Å². The van der Waals surface area contributed by atoms with Crippen LogP contribution in [0.3, 0.4) is 0 Å². The zero-order chi connectivity index (χ0) is 18.8. The molecule has 134 valence electrons. The maximum Gasteiger partial charge on any atom is 0.303 e. The third-order valence-electron chi connectivity index (χ3n) is 4.41. The summed E-state index contributed by atoms with van der Waals surface area (Å²) in [6.45, 7) is 7.96. The van der Waals surface area contributed by atoms with Gasteiger partial charge in [0.05, 0.1) is 0 Å². The number of benzene rings is 1. The molecule has 1 aromatic carbocycles. The Bertz CT molecular complexity index is 1060. The van der Waals surface area contributed by atoms with Crippen molar-refractivity contribution in [3.8, 4) is 11.4 Å². The van der Waals surface area contributed by atoms with Gasteiger partial charge in [-0.15, -0.1) is 11.7 Å². The van der Waals surface area contributed by atoms with Crippen LogP contribution in [-0.2, 0) is 17.8 Å².